The van der Waals surface area contributed by atoms with Gasteiger partial charge >= 0.3 is 0 Å². The number of fused-ring (bicyclic) bond motifs is 1. The third kappa shape index (κ3) is 4.60. The van der Waals surface area contributed by atoms with E-state index >= 15 is 0 Å². The molecule has 164 valence electrons. The van der Waals surface area contributed by atoms with Crippen molar-refractivity contribution in [3.05, 3.63) is 108 Å². The van der Waals surface area contributed by atoms with Gasteiger partial charge in [0.2, 0.25) is 5.91 Å². The maximum Gasteiger partial charge on any atom is 0.254 e. The van der Waals surface area contributed by atoms with Crippen LogP contribution in [0.2, 0.25) is 0 Å². The number of aromatic nitrogens is 1. The highest BCUT2D eigenvalue weighted by Gasteiger charge is 2.44. The minimum atomic E-state index is -0.573. The smallest absolute Gasteiger partial charge is 0.254 e. The minimum absolute atomic E-state index is 0.00220. The number of hydrogen-bond acceptors (Lipinski definition) is 3. The lowest BCUT2D eigenvalue weighted by atomic mass is 10.0. The van der Waals surface area contributed by atoms with Crippen molar-refractivity contribution in [1.29, 1.82) is 0 Å². The second kappa shape index (κ2) is 8.82. The molecule has 33 heavy (non-hydrogen) atoms. The number of carbonyl (C=O) groups excluding carboxylic acids is 2. The SMILES string of the molecule is O=C(NCc1ccccc1)c1cc([C@@H]2C[C@H]2C(=O)Nc2ccc3cnccc3c2)ccc1F. The summed E-state index contributed by atoms with van der Waals surface area (Å²) in [6, 6.07) is 21.6. The highest BCUT2D eigenvalue weighted by Crippen LogP contribution is 2.48. The van der Waals surface area contributed by atoms with Crippen LogP contribution in [-0.2, 0) is 11.3 Å². The number of amides is 2. The molecule has 1 aromatic heterocycles. The van der Waals surface area contributed by atoms with Gasteiger partial charge in [0.15, 0.2) is 0 Å². The molecule has 1 fully saturated rings. The average molecular weight is 439 g/mol. The van der Waals surface area contributed by atoms with Crippen molar-refractivity contribution in [2.45, 2.75) is 18.9 Å². The highest BCUT2D eigenvalue weighted by molar-refractivity contribution is 5.98. The van der Waals surface area contributed by atoms with Crippen LogP contribution in [-0.4, -0.2) is 16.8 Å². The zero-order valence-corrected chi connectivity index (χ0v) is 17.8. The molecule has 2 amide bonds. The summed E-state index contributed by atoms with van der Waals surface area (Å²) < 4.78 is 14.4. The molecule has 1 heterocycles. The lowest BCUT2D eigenvalue weighted by Gasteiger charge is -2.09. The predicted octanol–water partition coefficient (Wildman–Crippen LogP) is 5.05. The number of hydrogen-bond donors (Lipinski definition) is 2. The van der Waals surface area contributed by atoms with E-state index in [9.17, 15) is 14.0 Å². The molecule has 0 radical (unpaired) electrons. The van der Waals surface area contributed by atoms with Crippen LogP contribution in [0.3, 0.4) is 0 Å². The van der Waals surface area contributed by atoms with Gasteiger partial charge in [-0.25, -0.2) is 4.39 Å². The molecular weight excluding hydrogens is 417 g/mol. The third-order valence-electron chi connectivity index (χ3n) is 5.99. The lowest BCUT2D eigenvalue weighted by molar-refractivity contribution is -0.117. The number of carbonyl (C=O) groups is 2. The Kier molecular flexibility index (Phi) is 5.57. The normalized spacial score (nSPS) is 16.9. The molecule has 2 N–H and O–H groups in total. The molecule has 0 bridgehead atoms. The minimum Gasteiger partial charge on any atom is -0.348 e. The van der Waals surface area contributed by atoms with Gasteiger partial charge in [0.05, 0.1) is 5.56 Å². The topological polar surface area (TPSA) is 71.1 Å². The fourth-order valence-corrected chi connectivity index (χ4v) is 4.07. The van der Waals surface area contributed by atoms with Crippen LogP contribution in [0.1, 0.15) is 33.8 Å². The average Bonchev–Trinajstić information content (AvgIpc) is 3.65. The number of pyridine rings is 1. The van der Waals surface area contributed by atoms with E-state index in [4.69, 9.17) is 0 Å². The quantitative estimate of drug-likeness (QED) is 0.442. The van der Waals surface area contributed by atoms with Crippen LogP contribution in [0.5, 0.6) is 0 Å². The van der Waals surface area contributed by atoms with Gasteiger partial charge in [0, 0.05) is 35.9 Å². The lowest BCUT2D eigenvalue weighted by Crippen LogP contribution is -2.24. The van der Waals surface area contributed by atoms with Gasteiger partial charge in [-0.2, -0.15) is 0 Å². The first kappa shape index (κ1) is 20.8. The molecule has 5 rings (SSSR count). The van der Waals surface area contributed by atoms with E-state index in [1.807, 2.05) is 54.6 Å². The van der Waals surface area contributed by atoms with E-state index in [0.29, 0.717) is 13.0 Å². The second-order valence-electron chi connectivity index (χ2n) is 8.28. The fraction of sp³-hybridized carbons (Fsp3) is 0.148. The van der Waals surface area contributed by atoms with Gasteiger partial charge < -0.3 is 10.6 Å². The Morgan fingerprint density at radius 1 is 0.970 bits per heavy atom. The van der Waals surface area contributed by atoms with Gasteiger partial charge in [0.25, 0.3) is 5.91 Å². The van der Waals surface area contributed by atoms with Crippen LogP contribution < -0.4 is 10.6 Å². The molecule has 3 aromatic carbocycles. The van der Waals surface area contributed by atoms with Crippen LogP contribution >= 0.6 is 0 Å². The molecule has 0 unspecified atom stereocenters. The molecule has 0 spiro atoms. The number of benzene rings is 3. The summed E-state index contributed by atoms with van der Waals surface area (Å²) in [6.07, 6.45) is 4.16. The molecule has 0 saturated heterocycles. The molecule has 4 aromatic rings. The summed E-state index contributed by atoms with van der Waals surface area (Å²) in [7, 11) is 0. The van der Waals surface area contributed by atoms with Gasteiger partial charge in [-0.15, -0.1) is 0 Å². The number of anilines is 1. The Hall–Kier alpha value is -4.06. The third-order valence-corrected chi connectivity index (χ3v) is 5.99. The van der Waals surface area contributed by atoms with Crippen molar-refractivity contribution in [2.24, 2.45) is 5.92 Å². The van der Waals surface area contributed by atoms with Crippen molar-refractivity contribution in [3.63, 3.8) is 0 Å². The van der Waals surface area contributed by atoms with Gasteiger partial charge in [0.1, 0.15) is 5.82 Å². The first-order chi connectivity index (χ1) is 16.1. The number of halogens is 1. The van der Waals surface area contributed by atoms with Gasteiger partial charge in [-0.05, 0) is 59.2 Å². The Labute approximate surface area is 190 Å². The molecule has 2 atom stereocenters. The molecule has 6 heteroatoms. The van der Waals surface area contributed by atoms with Gasteiger partial charge in [-0.3, -0.25) is 14.6 Å². The van der Waals surface area contributed by atoms with Crippen molar-refractivity contribution < 1.29 is 14.0 Å². The maximum atomic E-state index is 14.4. The zero-order valence-electron chi connectivity index (χ0n) is 17.8. The maximum absolute atomic E-state index is 14.4. The van der Waals surface area contributed by atoms with Crippen molar-refractivity contribution in [3.8, 4) is 0 Å². The van der Waals surface area contributed by atoms with Crippen LogP contribution in [0.4, 0.5) is 10.1 Å². The molecule has 1 aliphatic rings. The summed E-state index contributed by atoms with van der Waals surface area (Å²) >= 11 is 0. The van der Waals surface area contributed by atoms with E-state index in [0.717, 1.165) is 27.6 Å². The Morgan fingerprint density at radius 3 is 2.67 bits per heavy atom. The zero-order chi connectivity index (χ0) is 22.8. The number of nitrogens with zero attached hydrogens (tertiary/aromatic N) is 1. The fourth-order valence-electron chi connectivity index (χ4n) is 4.07. The highest BCUT2D eigenvalue weighted by atomic mass is 19.1. The van der Waals surface area contributed by atoms with E-state index in [1.54, 1.807) is 24.5 Å². The Bertz CT molecular complexity index is 1340. The summed E-state index contributed by atoms with van der Waals surface area (Å²) in [5.74, 6) is -1.35. The first-order valence-electron chi connectivity index (χ1n) is 10.8. The number of rotatable bonds is 6. The van der Waals surface area contributed by atoms with Crippen LogP contribution in [0, 0.1) is 11.7 Å². The van der Waals surface area contributed by atoms with E-state index < -0.39 is 11.7 Å². The second-order valence-corrected chi connectivity index (χ2v) is 8.28. The number of nitrogens with one attached hydrogen (secondary N) is 2. The largest absolute Gasteiger partial charge is 0.348 e. The van der Waals surface area contributed by atoms with Crippen molar-refractivity contribution >= 4 is 28.3 Å². The molecule has 0 aliphatic heterocycles. The van der Waals surface area contributed by atoms with Crippen LogP contribution in [0.15, 0.2) is 85.2 Å². The Balaban J connectivity index is 1.24. The first-order valence-corrected chi connectivity index (χ1v) is 10.8. The van der Waals surface area contributed by atoms with Crippen LogP contribution in [0.25, 0.3) is 10.8 Å². The van der Waals surface area contributed by atoms with E-state index in [1.165, 1.54) is 6.07 Å². The summed E-state index contributed by atoms with van der Waals surface area (Å²) in [5.41, 5.74) is 2.46. The van der Waals surface area contributed by atoms with E-state index in [-0.39, 0.29) is 23.3 Å². The molecule has 5 nitrogen and oxygen atoms in total. The van der Waals surface area contributed by atoms with Crippen molar-refractivity contribution in [1.82, 2.24) is 10.3 Å². The molecule has 1 aliphatic carbocycles. The monoisotopic (exact) mass is 439 g/mol. The van der Waals surface area contributed by atoms with E-state index in [2.05, 4.69) is 15.6 Å². The standard InChI is InChI=1S/C27H22FN3O2/c28-25-9-7-19(13-24(25)26(32)30-15-17-4-2-1-3-5-17)22-14-23(22)27(33)31-21-8-6-20-16-29-11-10-18(20)12-21/h1-13,16,22-23H,14-15H2,(H,30,32)(H,31,33)/t22-,23+/m0/s1. The molecule has 1 saturated carbocycles. The Morgan fingerprint density at radius 2 is 1.82 bits per heavy atom. The summed E-state index contributed by atoms with van der Waals surface area (Å²) in [6.45, 7) is 0.319. The van der Waals surface area contributed by atoms with Gasteiger partial charge in [-0.1, -0.05) is 42.5 Å². The predicted molar refractivity (Wildman–Crippen MR) is 125 cm³/mol. The summed E-state index contributed by atoms with van der Waals surface area (Å²) in [5, 5.41) is 7.74. The van der Waals surface area contributed by atoms with Crippen molar-refractivity contribution in [2.75, 3.05) is 5.32 Å². The summed E-state index contributed by atoms with van der Waals surface area (Å²) in [4.78, 5) is 29.4. The molecular formula is C27H22FN3O2.